The Morgan fingerprint density at radius 3 is 2.95 bits per heavy atom. The second kappa shape index (κ2) is 6.97. The third kappa shape index (κ3) is 3.33. The number of nitrogens with one attached hydrogen (secondary N) is 1. The van der Waals surface area contributed by atoms with Gasteiger partial charge in [0, 0.05) is 12.6 Å². The van der Waals surface area contributed by atoms with Crippen LogP contribution in [-0.2, 0) is 6.42 Å². The van der Waals surface area contributed by atoms with Crippen LogP contribution in [-0.4, -0.2) is 22.8 Å². The summed E-state index contributed by atoms with van der Waals surface area (Å²) in [7, 11) is 0. The van der Waals surface area contributed by atoms with E-state index in [0.29, 0.717) is 6.04 Å². The van der Waals surface area contributed by atoms with E-state index in [2.05, 4.69) is 39.4 Å². The number of hydrogen-bond acceptors (Lipinski definition) is 3. The predicted molar refractivity (Wildman–Crippen MR) is 89.6 cm³/mol. The first-order valence-electron chi connectivity index (χ1n) is 7.79. The molecule has 1 saturated heterocycles. The van der Waals surface area contributed by atoms with Crippen molar-refractivity contribution in [3.8, 4) is 0 Å². The first kappa shape index (κ1) is 15.1. The van der Waals surface area contributed by atoms with Crippen molar-refractivity contribution in [1.29, 1.82) is 0 Å². The molecule has 2 heterocycles. The number of aryl methyl sites for hydroxylation is 1. The van der Waals surface area contributed by atoms with Crippen molar-refractivity contribution in [3.05, 3.63) is 57.5 Å². The van der Waals surface area contributed by atoms with E-state index >= 15 is 0 Å². The number of halogens is 1. The van der Waals surface area contributed by atoms with Crippen LogP contribution in [0.15, 0.2) is 41.3 Å². The molecule has 116 valence electrons. The van der Waals surface area contributed by atoms with Crippen LogP contribution < -0.4 is 10.5 Å². The minimum atomic E-state index is -0.311. The number of benzene rings is 1. The lowest BCUT2D eigenvalue weighted by Gasteiger charge is -2.27. The van der Waals surface area contributed by atoms with E-state index in [1.165, 1.54) is 5.56 Å². The Bertz CT molecular complexity index is 671. The van der Waals surface area contributed by atoms with Crippen LogP contribution >= 0.6 is 11.6 Å². The van der Waals surface area contributed by atoms with E-state index in [4.69, 9.17) is 11.6 Å². The maximum absolute atomic E-state index is 11.6. The summed E-state index contributed by atoms with van der Waals surface area (Å²) in [4.78, 5) is 13.9. The van der Waals surface area contributed by atoms with Gasteiger partial charge in [-0.25, -0.2) is 5.10 Å². The zero-order valence-electron chi connectivity index (χ0n) is 12.5. The lowest BCUT2D eigenvalue weighted by molar-refractivity contribution is 0.579. The zero-order chi connectivity index (χ0) is 15.4. The van der Waals surface area contributed by atoms with Crippen LogP contribution in [0.25, 0.3) is 0 Å². The number of aromatic nitrogens is 2. The van der Waals surface area contributed by atoms with E-state index in [0.717, 1.165) is 44.3 Å². The van der Waals surface area contributed by atoms with E-state index in [9.17, 15) is 4.79 Å². The highest BCUT2D eigenvalue weighted by Crippen LogP contribution is 2.31. The molecule has 0 saturated carbocycles. The molecule has 4 nitrogen and oxygen atoms in total. The molecule has 1 aliphatic rings. The van der Waals surface area contributed by atoms with Crippen molar-refractivity contribution in [2.24, 2.45) is 0 Å². The molecule has 1 N–H and O–H groups in total. The maximum atomic E-state index is 11.6. The molecule has 1 aromatic carbocycles. The molecule has 3 rings (SSSR count). The highest BCUT2D eigenvalue weighted by atomic mass is 35.5. The van der Waals surface area contributed by atoms with Gasteiger partial charge in [0.1, 0.15) is 5.02 Å². The van der Waals surface area contributed by atoms with E-state index in [-0.39, 0.29) is 10.6 Å². The van der Waals surface area contributed by atoms with Crippen molar-refractivity contribution >= 4 is 17.3 Å². The molecular formula is C17H20ClN3O. The zero-order valence-corrected chi connectivity index (χ0v) is 13.2. The van der Waals surface area contributed by atoms with Crippen LogP contribution in [0.2, 0.25) is 5.02 Å². The van der Waals surface area contributed by atoms with Gasteiger partial charge in [0.15, 0.2) is 0 Å². The summed E-state index contributed by atoms with van der Waals surface area (Å²) in [5, 5.41) is 6.52. The van der Waals surface area contributed by atoms with Crippen molar-refractivity contribution in [1.82, 2.24) is 10.2 Å². The van der Waals surface area contributed by atoms with Gasteiger partial charge < -0.3 is 4.90 Å². The number of nitrogens with zero attached hydrogens (tertiary/aromatic N) is 2. The minimum absolute atomic E-state index is 0.255. The van der Waals surface area contributed by atoms with E-state index < -0.39 is 0 Å². The monoisotopic (exact) mass is 317 g/mol. The molecule has 1 aromatic heterocycles. The fraction of sp³-hybridized carbons (Fsp3) is 0.412. The Morgan fingerprint density at radius 2 is 2.14 bits per heavy atom. The molecule has 1 unspecified atom stereocenters. The summed E-state index contributed by atoms with van der Waals surface area (Å²) in [6.07, 6.45) is 7.29. The smallest absolute Gasteiger partial charge is 0.285 e. The third-order valence-corrected chi connectivity index (χ3v) is 4.67. The van der Waals surface area contributed by atoms with Crippen LogP contribution in [0, 0.1) is 0 Å². The Balaban J connectivity index is 1.63. The molecule has 1 atom stereocenters. The summed E-state index contributed by atoms with van der Waals surface area (Å²) < 4.78 is 0. The Morgan fingerprint density at radius 1 is 1.32 bits per heavy atom. The number of aromatic amines is 1. The molecule has 0 bridgehead atoms. The molecular weight excluding hydrogens is 298 g/mol. The Hall–Kier alpha value is -1.81. The molecule has 2 aromatic rings. The predicted octanol–water partition coefficient (Wildman–Crippen LogP) is 3.42. The molecule has 22 heavy (non-hydrogen) atoms. The fourth-order valence-corrected chi connectivity index (χ4v) is 3.41. The minimum Gasteiger partial charge on any atom is -0.366 e. The van der Waals surface area contributed by atoms with Crippen LogP contribution in [0.5, 0.6) is 0 Å². The Kier molecular flexibility index (Phi) is 4.78. The van der Waals surface area contributed by atoms with Crippen molar-refractivity contribution < 1.29 is 0 Å². The first-order chi connectivity index (χ1) is 10.8. The van der Waals surface area contributed by atoms with Crippen LogP contribution in [0.1, 0.15) is 31.2 Å². The van der Waals surface area contributed by atoms with Gasteiger partial charge in [-0.2, -0.15) is 5.10 Å². The number of hydrogen-bond donors (Lipinski definition) is 1. The van der Waals surface area contributed by atoms with Gasteiger partial charge in [-0.1, -0.05) is 41.9 Å². The summed E-state index contributed by atoms with van der Waals surface area (Å²) in [5.41, 5.74) is 1.84. The average Bonchev–Trinajstić information content (AvgIpc) is 2.99. The summed E-state index contributed by atoms with van der Waals surface area (Å²) >= 11 is 6.14. The van der Waals surface area contributed by atoms with Gasteiger partial charge >= 0.3 is 0 Å². The maximum Gasteiger partial charge on any atom is 0.285 e. The molecule has 1 aliphatic heterocycles. The van der Waals surface area contributed by atoms with Gasteiger partial charge in [0.25, 0.3) is 5.56 Å². The molecule has 0 spiro atoms. The number of anilines is 1. The lowest BCUT2D eigenvalue weighted by Crippen LogP contribution is -2.31. The van der Waals surface area contributed by atoms with E-state index in [1.54, 1.807) is 6.20 Å². The normalized spacial score (nSPS) is 17.9. The fourth-order valence-electron chi connectivity index (χ4n) is 3.21. The van der Waals surface area contributed by atoms with Crippen molar-refractivity contribution in [3.63, 3.8) is 0 Å². The lowest BCUT2D eigenvalue weighted by atomic mass is 10.0. The first-order valence-corrected chi connectivity index (χ1v) is 8.17. The SMILES string of the molecule is O=c1[nH]ncc(N2CCCC2CCCc2ccccc2)c1Cl. The van der Waals surface area contributed by atoms with Crippen molar-refractivity contribution in [2.75, 3.05) is 11.4 Å². The molecule has 0 aliphatic carbocycles. The quantitative estimate of drug-likeness (QED) is 0.919. The average molecular weight is 318 g/mol. The van der Waals surface area contributed by atoms with Gasteiger partial charge in [-0.05, 0) is 37.7 Å². The van der Waals surface area contributed by atoms with Gasteiger partial charge in [0.2, 0.25) is 0 Å². The standard InChI is InChI=1S/C17H20ClN3O/c18-16-15(12-19-20-17(16)22)21-11-5-10-14(21)9-4-8-13-6-2-1-3-7-13/h1-3,6-7,12,14H,4-5,8-11H2,(H,20,22). The third-order valence-electron chi connectivity index (χ3n) is 4.31. The summed E-state index contributed by atoms with van der Waals surface area (Å²) in [6, 6.07) is 11.0. The Labute approximate surface area is 135 Å². The molecule has 0 radical (unpaired) electrons. The summed E-state index contributed by atoms with van der Waals surface area (Å²) in [6.45, 7) is 0.945. The van der Waals surface area contributed by atoms with Gasteiger partial charge in [-0.15, -0.1) is 0 Å². The molecule has 0 amide bonds. The second-order valence-electron chi connectivity index (χ2n) is 5.77. The van der Waals surface area contributed by atoms with Gasteiger partial charge in [-0.3, -0.25) is 4.79 Å². The van der Waals surface area contributed by atoms with Gasteiger partial charge in [0.05, 0.1) is 11.9 Å². The topological polar surface area (TPSA) is 49.0 Å². The highest BCUT2D eigenvalue weighted by molar-refractivity contribution is 6.33. The van der Waals surface area contributed by atoms with E-state index in [1.807, 2.05) is 6.07 Å². The number of rotatable bonds is 5. The van der Waals surface area contributed by atoms with Crippen molar-refractivity contribution in [2.45, 2.75) is 38.1 Å². The van der Waals surface area contributed by atoms with Crippen LogP contribution in [0.3, 0.4) is 0 Å². The number of H-pyrrole nitrogens is 1. The molecule has 5 heteroatoms. The highest BCUT2D eigenvalue weighted by Gasteiger charge is 2.26. The second-order valence-corrected chi connectivity index (χ2v) is 6.14. The largest absolute Gasteiger partial charge is 0.366 e. The van der Waals surface area contributed by atoms with Crippen LogP contribution in [0.4, 0.5) is 5.69 Å². The summed E-state index contributed by atoms with van der Waals surface area (Å²) in [5.74, 6) is 0. The molecule has 1 fully saturated rings.